The molecular formula is C27H35NO6. The van der Waals surface area contributed by atoms with Crippen molar-refractivity contribution in [2.75, 3.05) is 7.11 Å². The van der Waals surface area contributed by atoms with E-state index in [2.05, 4.69) is 5.32 Å². The SMILES string of the molecule is CC[C@H](C)OC(=O)C1=C(C)NC2=C(C(=O)[C@@H](C(=O)OC)[C@@H](C)C2)[C@@H]1c1ccccc1OC(C)C. The summed E-state index contributed by atoms with van der Waals surface area (Å²) in [4.78, 5) is 39.8. The van der Waals surface area contributed by atoms with Crippen LogP contribution in [0.15, 0.2) is 46.8 Å². The van der Waals surface area contributed by atoms with Gasteiger partial charge in [-0.25, -0.2) is 4.79 Å². The van der Waals surface area contributed by atoms with E-state index in [1.54, 1.807) is 0 Å². The minimum absolute atomic E-state index is 0.109. The molecule has 184 valence electrons. The van der Waals surface area contributed by atoms with Gasteiger partial charge in [0.05, 0.1) is 30.8 Å². The van der Waals surface area contributed by atoms with Crippen LogP contribution in [0.5, 0.6) is 5.75 Å². The molecule has 1 aromatic rings. The van der Waals surface area contributed by atoms with E-state index < -0.39 is 23.8 Å². The summed E-state index contributed by atoms with van der Waals surface area (Å²) in [5.41, 5.74) is 2.79. The van der Waals surface area contributed by atoms with Gasteiger partial charge in [-0.3, -0.25) is 9.59 Å². The predicted molar refractivity (Wildman–Crippen MR) is 128 cm³/mol. The number of carbonyl (C=O) groups excluding carboxylic acids is 3. The molecule has 0 spiro atoms. The third-order valence-corrected chi connectivity index (χ3v) is 6.44. The van der Waals surface area contributed by atoms with Crippen molar-refractivity contribution in [3.05, 3.63) is 52.4 Å². The average molecular weight is 470 g/mol. The monoisotopic (exact) mass is 469 g/mol. The lowest BCUT2D eigenvalue weighted by Crippen LogP contribution is -2.43. The van der Waals surface area contributed by atoms with Crippen LogP contribution in [0.25, 0.3) is 0 Å². The van der Waals surface area contributed by atoms with Crippen LogP contribution in [0.3, 0.4) is 0 Å². The van der Waals surface area contributed by atoms with E-state index in [-0.39, 0.29) is 23.9 Å². The molecule has 7 heteroatoms. The predicted octanol–water partition coefficient (Wildman–Crippen LogP) is 4.43. The van der Waals surface area contributed by atoms with Crippen molar-refractivity contribution in [1.29, 1.82) is 0 Å². The molecule has 0 unspecified atom stereocenters. The summed E-state index contributed by atoms with van der Waals surface area (Å²) in [7, 11) is 1.29. The lowest BCUT2D eigenvalue weighted by atomic mass is 9.69. The molecule has 0 saturated heterocycles. The van der Waals surface area contributed by atoms with Gasteiger partial charge in [0.1, 0.15) is 11.7 Å². The van der Waals surface area contributed by atoms with Gasteiger partial charge in [0, 0.05) is 22.5 Å². The smallest absolute Gasteiger partial charge is 0.337 e. The zero-order valence-electron chi connectivity index (χ0n) is 21.1. The molecule has 0 amide bonds. The van der Waals surface area contributed by atoms with Crippen LogP contribution in [0.2, 0.25) is 0 Å². The van der Waals surface area contributed by atoms with E-state index in [4.69, 9.17) is 14.2 Å². The number of benzene rings is 1. The van der Waals surface area contributed by atoms with Crippen LogP contribution in [0, 0.1) is 11.8 Å². The molecule has 2 aliphatic rings. The third kappa shape index (κ3) is 4.88. The Bertz CT molecular complexity index is 1040. The zero-order valence-corrected chi connectivity index (χ0v) is 21.1. The van der Waals surface area contributed by atoms with Gasteiger partial charge in [-0.2, -0.15) is 0 Å². The number of ketones is 1. The molecular weight excluding hydrogens is 434 g/mol. The van der Waals surface area contributed by atoms with Crippen LogP contribution in [0.4, 0.5) is 0 Å². The Balaban J connectivity index is 2.22. The fourth-order valence-corrected chi connectivity index (χ4v) is 4.67. The summed E-state index contributed by atoms with van der Waals surface area (Å²) in [6, 6.07) is 7.40. The summed E-state index contributed by atoms with van der Waals surface area (Å²) in [5, 5.41) is 3.28. The molecule has 0 aromatic heterocycles. The Labute approximate surface area is 201 Å². The summed E-state index contributed by atoms with van der Waals surface area (Å²) in [6.45, 7) is 11.3. The van der Waals surface area contributed by atoms with E-state index in [1.165, 1.54) is 7.11 Å². The number of esters is 2. The Morgan fingerprint density at radius 2 is 1.85 bits per heavy atom. The molecule has 7 nitrogen and oxygen atoms in total. The van der Waals surface area contributed by atoms with Crippen LogP contribution in [-0.2, 0) is 23.9 Å². The van der Waals surface area contributed by atoms with E-state index in [0.29, 0.717) is 41.0 Å². The first-order chi connectivity index (χ1) is 16.1. The zero-order chi connectivity index (χ0) is 25.2. The molecule has 1 N–H and O–H groups in total. The number of carbonyl (C=O) groups is 3. The highest BCUT2D eigenvalue weighted by Gasteiger charge is 2.48. The topological polar surface area (TPSA) is 90.9 Å². The second-order valence-corrected chi connectivity index (χ2v) is 9.36. The number of para-hydroxylation sites is 1. The Hall–Kier alpha value is -3.09. The highest BCUT2D eigenvalue weighted by molar-refractivity contribution is 6.12. The van der Waals surface area contributed by atoms with Crippen molar-refractivity contribution in [2.24, 2.45) is 11.8 Å². The number of hydrogen-bond donors (Lipinski definition) is 1. The first kappa shape index (κ1) is 25.5. The molecule has 3 rings (SSSR count). The number of allylic oxidation sites excluding steroid dienone is 3. The lowest BCUT2D eigenvalue weighted by Gasteiger charge is -2.38. The number of ether oxygens (including phenoxy) is 3. The van der Waals surface area contributed by atoms with Gasteiger partial charge in [-0.1, -0.05) is 32.0 Å². The maximum Gasteiger partial charge on any atom is 0.337 e. The average Bonchev–Trinajstić information content (AvgIpc) is 2.77. The Morgan fingerprint density at radius 1 is 1.18 bits per heavy atom. The number of methoxy groups -OCH3 is 1. The van der Waals surface area contributed by atoms with Crippen LogP contribution in [-0.4, -0.2) is 37.0 Å². The molecule has 1 aliphatic heterocycles. The summed E-state index contributed by atoms with van der Waals surface area (Å²) < 4.78 is 16.7. The van der Waals surface area contributed by atoms with Gasteiger partial charge >= 0.3 is 11.9 Å². The van der Waals surface area contributed by atoms with Crippen molar-refractivity contribution < 1.29 is 28.6 Å². The highest BCUT2D eigenvalue weighted by Crippen LogP contribution is 2.47. The Morgan fingerprint density at radius 3 is 2.47 bits per heavy atom. The first-order valence-electron chi connectivity index (χ1n) is 11.9. The van der Waals surface area contributed by atoms with Crippen molar-refractivity contribution in [3.63, 3.8) is 0 Å². The van der Waals surface area contributed by atoms with Gasteiger partial charge in [0.25, 0.3) is 0 Å². The quantitative estimate of drug-likeness (QED) is 0.467. The summed E-state index contributed by atoms with van der Waals surface area (Å²) >= 11 is 0. The summed E-state index contributed by atoms with van der Waals surface area (Å²) in [6.07, 6.45) is 0.755. The molecule has 0 saturated carbocycles. The van der Waals surface area contributed by atoms with Gasteiger partial charge < -0.3 is 19.5 Å². The number of rotatable bonds is 7. The maximum absolute atomic E-state index is 13.8. The molecule has 0 fully saturated rings. The molecule has 0 bridgehead atoms. The third-order valence-electron chi connectivity index (χ3n) is 6.44. The lowest BCUT2D eigenvalue weighted by molar-refractivity contribution is -0.151. The molecule has 1 aliphatic carbocycles. The van der Waals surface area contributed by atoms with Crippen LogP contribution >= 0.6 is 0 Å². The number of nitrogens with one attached hydrogen (secondary N) is 1. The summed E-state index contributed by atoms with van der Waals surface area (Å²) in [5.74, 6) is -2.71. The highest BCUT2D eigenvalue weighted by atomic mass is 16.5. The van der Waals surface area contributed by atoms with Gasteiger partial charge in [0.2, 0.25) is 0 Å². The van der Waals surface area contributed by atoms with E-state index in [9.17, 15) is 14.4 Å². The first-order valence-corrected chi connectivity index (χ1v) is 11.9. The minimum atomic E-state index is -0.934. The van der Waals surface area contributed by atoms with Gasteiger partial charge in [-0.15, -0.1) is 0 Å². The Kier molecular flexibility index (Phi) is 7.85. The second-order valence-electron chi connectivity index (χ2n) is 9.36. The number of hydrogen-bond acceptors (Lipinski definition) is 7. The minimum Gasteiger partial charge on any atom is -0.491 e. The van der Waals surface area contributed by atoms with Crippen molar-refractivity contribution in [2.45, 2.75) is 72.5 Å². The maximum atomic E-state index is 13.8. The number of dihydropyridines is 1. The van der Waals surface area contributed by atoms with E-state index in [0.717, 1.165) is 5.70 Å². The fourth-order valence-electron chi connectivity index (χ4n) is 4.67. The standard InChI is InChI=1S/C27H35NO6/c1-8-16(5)34-27(31)22-17(6)28-19-13-15(4)21(26(30)32-7)25(29)24(19)23(22)18-11-9-10-12-20(18)33-14(2)3/h9-12,14-16,21,23,28H,8,13H2,1-7H3/t15-,16-,21-,23+/m0/s1. The normalized spacial score (nSPS) is 23.3. The molecule has 1 heterocycles. The molecule has 0 radical (unpaired) electrons. The van der Waals surface area contributed by atoms with E-state index >= 15 is 0 Å². The number of Topliss-reactive ketones (excluding diaryl/α,β-unsaturated/α-hetero) is 1. The van der Waals surface area contributed by atoms with Gasteiger partial charge in [-0.05, 0) is 52.5 Å². The second kappa shape index (κ2) is 10.5. The largest absolute Gasteiger partial charge is 0.491 e. The van der Waals surface area contributed by atoms with E-state index in [1.807, 2.05) is 65.8 Å². The van der Waals surface area contributed by atoms with Gasteiger partial charge in [0.15, 0.2) is 5.78 Å². The van der Waals surface area contributed by atoms with Crippen LogP contribution in [0.1, 0.15) is 65.9 Å². The fraction of sp³-hybridized carbons (Fsp3) is 0.519. The van der Waals surface area contributed by atoms with Crippen molar-refractivity contribution >= 4 is 17.7 Å². The van der Waals surface area contributed by atoms with Crippen molar-refractivity contribution in [1.82, 2.24) is 5.32 Å². The molecule has 1 aromatic carbocycles. The van der Waals surface area contributed by atoms with Crippen LogP contribution < -0.4 is 10.1 Å². The molecule has 34 heavy (non-hydrogen) atoms. The molecule has 4 atom stereocenters. The van der Waals surface area contributed by atoms with Crippen molar-refractivity contribution in [3.8, 4) is 5.75 Å².